The van der Waals surface area contributed by atoms with Gasteiger partial charge in [-0.15, -0.1) is 0 Å². The van der Waals surface area contributed by atoms with Crippen molar-refractivity contribution in [2.45, 2.75) is 31.8 Å². The maximum Gasteiger partial charge on any atom is 0.191 e. The van der Waals surface area contributed by atoms with Crippen LogP contribution in [0.4, 0.5) is 0 Å². The zero-order chi connectivity index (χ0) is 25.0. The average molecular weight is 467 g/mol. The SMILES string of the molecule is COc1ccc(OCc2ccc([C@H]3[C@H]4CCCC=C4C(C#N)=C(N)C3(C#N)C#N)cc2OC)cc1. The maximum absolute atomic E-state index is 10.2. The molecule has 0 amide bonds. The summed E-state index contributed by atoms with van der Waals surface area (Å²) in [5.41, 5.74) is 7.47. The third-order valence-electron chi connectivity index (χ3n) is 6.92. The second-order valence-electron chi connectivity index (χ2n) is 8.64. The molecule has 0 spiro atoms. The van der Waals surface area contributed by atoms with Gasteiger partial charge in [0.15, 0.2) is 5.41 Å². The second-order valence-corrected chi connectivity index (χ2v) is 8.64. The summed E-state index contributed by atoms with van der Waals surface area (Å²) >= 11 is 0. The molecule has 2 aromatic rings. The number of ether oxygens (including phenoxy) is 3. The van der Waals surface area contributed by atoms with E-state index in [4.69, 9.17) is 19.9 Å². The Kier molecular flexibility index (Phi) is 6.67. The highest BCUT2D eigenvalue weighted by Crippen LogP contribution is 2.56. The lowest BCUT2D eigenvalue weighted by Gasteiger charge is -2.43. The van der Waals surface area contributed by atoms with Crippen LogP contribution in [-0.2, 0) is 6.61 Å². The van der Waals surface area contributed by atoms with Gasteiger partial charge in [0.25, 0.3) is 0 Å². The molecule has 0 saturated carbocycles. The van der Waals surface area contributed by atoms with Gasteiger partial charge in [0.1, 0.15) is 29.9 Å². The molecule has 176 valence electrons. The van der Waals surface area contributed by atoms with Crippen LogP contribution in [0.15, 0.2) is 65.4 Å². The Morgan fingerprint density at radius 2 is 1.71 bits per heavy atom. The summed E-state index contributed by atoms with van der Waals surface area (Å²) in [6.45, 7) is 0.275. The fraction of sp³-hybridized carbons (Fsp3) is 0.321. The van der Waals surface area contributed by atoms with E-state index in [1.165, 1.54) is 0 Å². The molecule has 2 N–H and O–H groups in total. The van der Waals surface area contributed by atoms with E-state index in [9.17, 15) is 15.8 Å². The first kappa shape index (κ1) is 23.7. The normalized spacial score (nSPS) is 20.4. The number of methoxy groups -OCH3 is 2. The average Bonchev–Trinajstić information content (AvgIpc) is 2.91. The summed E-state index contributed by atoms with van der Waals surface area (Å²) in [5.74, 6) is 1.35. The predicted molar refractivity (Wildman–Crippen MR) is 129 cm³/mol. The van der Waals surface area contributed by atoms with Crippen molar-refractivity contribution in [1.29, 1.82) is 15.8 Å². The molecule has 7 nitrogen and oxygen atoms in total. The highest BCUT2D eigenvalue weighted by molar-refractivity contribution is 5.59. The van der Waals surface area contributed by atoms with Gasteiger partial charge in [-0.25, -0.2) is 0 Å². The summed E-state index contributed by atoms with van der Waals surface area (Å²) in [7, 11) is 3.19. The van der Waals surface area contributed by atoms with E-state index in [1.54, 1.807) is 14.2 Å². The molecular formula is C28H26N4O3. The van der Waals surface area contributed by atoms with Crippen LogP contribution in [0.1, 0.15) is 36.3 Å². The number of nitrogens with two attached hydrogens (primary N) is 1. The molecule has 4 rings (SSSR count). The van der Waals surface area contributed by atoms with E-state index in [0.717, 1.165) is 41.7 Å². The van der Waals surface area contributed by atoms with Crippen LogP contribution in [0.25, 0.3) is 0 Å². The summed E-state index contributed by atoms with van der Waals surface area (Å²) in [6.07, 6.45) is 4.56. The molecule has 0 unspecified atom stereocenters. The van der Waals surface area contributed by atoms with Crippen molar-refractivity contribution < 1.29 is 14.2 Å². The first-order valence-electron chi connectivity index (χ1n) is 11.4. The number of benzene rings is 2. The van der Waals surface area contributed by atoms with E-state index < -0.39 is 11.3 Å². The molecule has 2 aliphatic rings. The molecule has 2 aromatic carbocycles. The van der Waals surface area contributed by atoms with Crippen LogP contribution in [0.3, 0.4) is 0 Å². The summed E-state index contributed by atoms with van der Waals surface area (Å²) in [4.78, 5) is 0. The van der Waals surface area contributed by atoms with Crippen LogP contribution in [0.5, 0.6) is 17.2 Å². The molecule has 0 heterocycles. The third kappa shape index (κ3) is 4.05. The van der Waals surface area contributed by atoms with Crippen molar-refractivity contribution in [3.63, 3.8) is 0 Å². The number of nitrogens with zero attached hydrogens (tertiary/aromatic N) is 3. The minimum atomic E-state index is -1.64. The number of hydrogen-bond acceptors (Lipinski definition) is 7. The van der Waals surface area contributed by atoms with Gasteiger partial charge in [-0.05, 0) is 66.6 Å². The highest BCUT2D eigenvalue weighted by atomic mass is 16.5. The molecular weight excluding hydrogens is 440 g/mol. The van der Waals surface area contributed by atoms with Gasteiger partial charge in [0.2, 0.25) is 0 Å². The van der Waals surface area contributed by atoms with Crippen LogP contribution < -0.4 is 19.9 Å². The third-order valence-corrected chi connectivity index (χ3v) is 6.92. The van der Waals surface area contributed by atoms with Gasteiger partial charge < -0.3 is 19.9 Å². The first-order chi connectivity index (χ1) is 17.0. The molecule has 35 heavy (non-hydrogen) atoms. The van der Waals surface area contributed by atoms with E-state index in [1.807, 2.05) is 48.5 Å². The van der Waals surface area contributed by atoms with Crippen LogP contribution in [0.2, 0.25) is 0 Å². The van der Waals surface area contributed by atoms with Gasteiger partial charge >= 0.3 is 0 Å². The lowest BCUT2D eigenvalue weighted by molar-refractivity contribution is 0.294. The van der Waals surface area contributed by atoms with Crippen molar-refractivity contribution in [2.75, 3.05) is 14.2 Å². The second kappa shape index (κ2) is 9.84. The van der Waals surface area contributed by atoms with Crippen molar-refractivity contribution in [2.24, 2.45) is 17.1 Å². The molecule has 0 saturated heterocycles. The van der Waals surface area contributed by atoms with Gasteiger partial charge in [0, 0.05) is 11.5 Å². The molecule has 2 aliphatic carbocycles. The zero-order valence-electron chi connectivity index (χ0n) is 19.7. The summed E-state index contributed by atoms with van der Waals surface area (Å²) < 4.78 is 16.8. The van der Waals surface area contributed by atoms with Crippen molar-refractivity contribution >= 4 is 0 Å². The van der Waals surface area contributed by atoms with E-state index in [-0.39, 0.29) is 23.8 Å². The zero-order valence-corrected chi connectivity index (χ0v) is 19.7. The quantitative estimate of drug-likeness (QED) is 0.643. The number of allylic oxidation sites excluding steroid dienone is 4. The predicted octanol–water partition coefficient (Wildman–Crippen LogP) is 4.88. The summed E-state index contributed by atoms with van der Waals surface area (Å²) in [6, 6.07) is 19.5. The Hall–Kier alpha value is -4.41. The Bertz CT molecular complexity index is 1290. The monoisotopic (exact) mass is 466 g/mol. The molecule has 0 aromatic heterocycles. The lowest BCUT2D eigenvalue weighted by atomic mass is 9.56. The lowest BCUT2D eigenvalue weighted by Crippen LogP contribution is -2.42. The van der Waals surface area contributed by atoms with Crippen molar-refractivity contribution in [1.82, 2.24) is 0 Å². The van der Waals surface area contributed by atoms with E-state index >= 15 is 0 Å². The van der Waals surface area contributed by atoms with Gasteiger partial charge in [-0.2, -0.15) is 15.8 Å². The Morgan fingerprint density at radius 1 is 1.00 bits per heavy atom. The minimum Gasteiger partial charge on any atom is -0.497 e. The van der Waals surface area contributed by atoms with Crippen molar-refractivity contribution in [3.8, 4) is 35.5 Å². The number of hydrogen-bond donors (Lipinski definition) is 1. The largest absolute Gasteiger partial charge is 0.497 e. The molecule has 0 aliphatic heterocycles. The Labute approximate surface area is 205 Å². The minimum absolute atomic E-state index is 0.0327. The number of nitriles is 3. The number of fused-ring (bicyclic) bond motifs is 1. The molecule has 0 fully saturated rings. The van der Waals surface area contributed by atoms with Crippen molar-refractivity contribution in [3.05, 3.63) is 76.5 Å². The number of rotatable bonds is 6. The molecule has 7 heteroatoms. The fourth-order valence-electron chi connectivity index (χ4n) is 5.16. The van der Waals surface area contributed by atoms with Gasteiger partial charge in [-0.1, -0.05) is 18.2 Å². The van der Waals surface area contributed by atoms with Crippen LogP contribution in [-0.4, -0.2) is 14.2 Å². The molecule has 0 radical (unpaired) electrons. The fourth-order valence-corrected chi connectivity index (χ4v) is 5.16. The van der Waals surface area contributed by atoms with Crippen LogP contribution in [0, 0.1) is 45.3 Å². The Balaban J connectivity index is 1.72. The molecule has 2 atom stereocenters. The molecule has 0 bridgehead atoms. The first-order valence-corrected chi connectivity index (χ1v) is 11.4. The van der Waals surface area contributed by atoms with E-state index in [2.05, 4.69) is 18.2 Å². The van der Waals surface area contributed by atoms with Crippen LogP contribution >= 0.6 is 0 Å². The topological polar surface area (TPSA) is 125 Å². The van der Waals surface area contributed by atoms with E-state index in [0.29, 0.717) is 11.5 Å². The smallest absolute Gasteiger partial charge is 0.191 e. The standard InChI is InChI=1S/C28H26N4O3/c1-33-20-9-11-21(12-10-20)35-15-19-8-7-18(13-25(19)34-2)26-23-6-4-3-5-22(23)24(14-29)27(32)28(26,16-30)17-31/h5,7-13,23,26H,3-4,6,15,32H2,1-2H3/t23-,26-/m0/s1. The maximum atomic E-state index is 10.2. The van der Waals surface area contributed by atoms with Gasteiger partial charge in [0.05, 0.1) is 37.6 Å². The summed E-state index contributed by atoms with van der Waals surface area (Å²) in [5, 5.41) is 30.2. The highest BCUT2D eigenvalue weighted by Gasteiger charge is 2.53. The van der Waals surface area contributed by atoms with Gasteiger partial charge in [-0.3, -0.25) is 0 Å². The Morgan fingerprint density at radius 3 is 2.34 bits per heavy atom.